The quantitative estimate of drug-likeness (QED) is 0.112. The molecule has 5 heteroatoms. The number of hydrogen-bond acceptors (Lipinski definition) is 2. The molecule has 71 heavy (non-hydrogen) atoms. The van der Waals surface area contributed by atoms with E-state index in [1.54, 1.807) is 0 Å². The molecule has 0 fully saturated rings. The lowest BCUT2D eigenvalue weighted by Gasteiger charge is -2.42. The van der Waals surface area contributed by atoms with Gasteiger partial charge in [0.1, 0.15) is 11.5 Å². The van der Waals surface area contributed by atoms with Crippen molar-refractivity contribution < 1.29 is 4.74 Å². The summed E-state index contributed by atoms with van der Waals surface area (Å²) in [4.78, 5) is 2.53. The molecule has 0 radical (unpaired) electrons. The fourth-order valence-corrected chi connectivity index (χ4v) is 16.7. The van der Waals surface area contributed by atoms with Gasteiger partial charge in [0.05, 0.1) is 11.0 Å². The lowest BCUT2D eigenvalue weighted by molar-refractivity contribution is 0.487. The molecular formula is C66H45BN2OSi. The Hall–Kier alpha value is -8.90. The molecule has 2 aliphatic rings. The SMILES string of the molecule is c1ccc(N2B3c4ccccc4Oc4cc(-c5cccc([Si](c6ccccc6)(c6ccccc6)c6ccccc6)c5)cc(c43)-c3cc(-c4cccc(-n5c6ccccc6c6ccccc65)c4)ccc32)cc1. The van der Waals surface area contributed by atoms with Crippen molar-refractivity contribution in [2.24, 2.45) is 0 Å². The fourth-order valence-electron chi connectivity index (χ4n) is 11.9. The Morgan fingerprint density at radius 2 is 0.845 bits per heavy atom. The summed E-state index contributed by atoms with van der Waals surface area (Å²) in [6.07, 6.45) is 0. The Morgan fingerprint density at radius 1 is 0.338 bits per heavy atom. The van der Waals surface area contributed by atoms with Crippen LogP contribution < -0.4 is 41.2 Å². The average molecular weight is 921 g/mol. The predicted molar refractivity (Wildman–Crippen MR) is 301 cm³/mol. The number of rotatable bonds is 8. The largest absolute Gasteiger partial charge is 0.458 e. The molecule has 0 spiro atoms. The molecule has 11 aromatic carbocycles. The Bertz CT molecular complexity index is 3840. The number of hydrogen-bond donors (Lipinski definition) is 0. The second kappa shape index (κ2) is 16.7. The first-order valence-corrected chi connectivity index (χ1v) is 26.5. The van der Waals surface area contributed by atoms with Gasteiger partial charge in [-0.2, -0.15) is 0 Å². The summed E-state index contributed by atoms with van der Waals surface area (Å²) in [7, 11) is -2.81. The molecule has 0 atom stereocenters. The van der Waals surface area contributed by atoms with E-state index in [-0.39, 0.29) is 6.85 Å². The number of aromatic nitrogens is 1. The summed E-state index contributed by atoms with van der Waals surface area (Å²) >= 11 is 0. The summed E-state index contributed by atoms with van der Waals surface area (Å²) < 4.78 is 9.52. The first-order valence-electron chi connectivity index (χ1n) is 24.5. The highest BCUT2D eigenvalue weighted by Crippen LogP contribution is 2.47. The maximum Gasteiger partial charge on any atom is 0.336 e. The minimum atomic E-state index is -2.81. The highest BCUT2D eigenvalue weighted by molar-refractivity contribution is 7.20. The topological polar surface area (TPSA) is 17.4 Å². The van der Waals surface area contributed by atoms with Gasteiger partial charge in [-0.05, 0) is 121 Å². The predicted octanol–water partition coefficient (Wildman–Crippen LogP) is 12.5. The molecule has 14 rings (SSSR count). The monoisotopic (exact) mass is 920 g/mol. The Morgan fingerprint density at radius 3 is 1.51 bits per heavy atom. The van der Waals surface area contributed by atoms with E-state index >= 15 is 0 Å². The lowest BCUT2D eigenvalue weighted by atomic mass is 9.44. The van der Waals surface area contributed by atoms with E-state index < -0.39 is 8.07 Å². The molecule has 0 unspecified atom stereocenters. The van der Waals surface area contributed by atoms with Crippen molar-refractivity contribution in [1.82, 2.24) is 4.57 Å². The van der Waals surface area contributed by atoms with E-state index in [1.807, 2.05) is 0 Å². The number of para-hydroxylation sites is 4. The van der Waals surface area contributed by atoms with Crippen molar-refractivity contribution in [2.75, 3.05) is 4.81 Å². The summed E-state index contributed by atoms with van der Waals surface area (Å²) in [6, 6.07) is 101. The van der Waals surface area contributed by atoms with Gasteiger partial charge in [-0.25, -0.2) is 0 Å². The highest BCUT2D eigenvalue weighted by atomic mass is 28.3. The summed E-state index contributed by atoms with van der Waals surface area (Å²) in [6.45, 7) is -0.112. The molecule has 0 bridgehead atoms. The Kier molecular flexibility index (Phi) is 9.65. The van der Waals surface area contributed by atoms with E-state index in [0.717, 1.165) is 56.3 Å². The third-order valence-electron chi connectivity index (χ3n) is 15.0. The van der Waals surface area contributed by atoms with Crippen LogP contribution in [0.15, 0.2) is 273 Å². The van der Waals surface area contributed by atoms with Gasteiger partial charge in [0, 0.05) is 38.9 Å². The van der Waals surface area contributed by atoms with Crippen LogP contribution in [0.2, 0.25) is 0 Å². The van der Waals surface area contributed by atoms with Crippen molar-refractivity contribution >= 4 is 79.8 Å². The molecule has 0 aliphatic carbocycles. The highest BCUT2D eigenvalue weighted by Gasteiger charge is 2.45. The molecule has 1 aromatic heterocycles. The van der Waals surface area contributed by atoms with Crippen LogP contribution in [-0.4, -0.2) is 19.5 Å². The van der Waals surface area contributed by atoms with Gasteiger partial charge < -0.3 is 14.1 Å². The second-order valence-corrected chi connectivity index (χ2v) is 22.6. The van der Waals surface area contributed by atoms with E-state index in [1.165, 1.54) is 59.1 Å². The van der Waals surface area contributed by atoms with E-state index in [9.17, 15) is 0 Å². The van der Waals surface area contributed by atoms with Crippen molar-refractivity contribution in [3.63, 3.8) is 0 Å². The zero-order valence-corrected chi connectivity index (χ0v) is 39.9. The molecule has 3 heterocycles. The number of nitrogens with zero attached hydrogens (tertiary/aromatic N) is 2. The van der Waals surface area contributed by atoms with E-state index in [4.69, 9.17) is 4.74 Å². The maximum atomic E-state index is 7.11. The van der Waals surface area contributed by atoms with Gasteiger partial charge in [0.25, 0.3) is 0 Å². The van der Waals surface area contributed by atoms with E-state index in [0.29, 0.717) is 0 Å². The second-order valence-electron chi connectivity index (χ2n) is 18.8. The molecule has 12 aromatic rings. The number of anilines is 2. The third kappa shape index (κ3) is 6.51. The van der Waals surface area contributed by atoms with Crippen LogP contribution in [0.5, 0.6) is 11.5 Å². The molecule has 0 saturated heterocycles. The Labute approximate surface area is 415 Å². The smallest absolute Gasteiger partial charge is 0.336 e. The van der Waals surface area contributed by atoms with Crippen molar-refractivity contribution in [2.45, 2.75) is 0 Å². The lowest BCUT2D eigenvalue weighted by Crippen LogP contribution is -2.74. The van der Waals surface area contributed by atoms with Crippen LogP contribution in [0.3, 0.4) is 0 Å². The molecule has 2 aliphatic heterocycles. The summed E-state index contributed by atoms with van der Waals surface area (Å²) in [5.74, 6) is 1.77. The van der Waals surface area contributed by atoms with Crippen molar-refractivity contribution in [3.05, 3.63) is 273 Å². The molecule has 0 N–H and O–H groups in total. The maximum absolute atomic E-state index is 7.11. The number of fused-ring (bicyclic) bond motifs is 7. The number of benzene rings is 11. The normalized spacial score (nSPS) is 12.6. The molecule has 332 valence electrons. The van der Waals surface area contributed by atoms with Gasteiger partial charge in [0.2, 0.25) is 0 Å². The van der Waals surface area contributed by atoms with Crippen LogP contribution in [-0.2, 0) is 0 Å². The van der Waals surface area contributed by atoms with Gasteiger partial charge in [-0.3, -0.25) is 0 Å². The standard InChI is InChI=1S/C66H45BN2OSi/c1-5-23-50(24-6-1)69-63-40-39-48(46-21-19-25-51(41-46)68-61-36-16-13-33-56(61)57-34-14-17-37-62(57)68)43-58(63)59-44-49(45-65-66(59)67(69)60-35-15-18-38-64(60)70-65)47-22-20-32-55(42-47)71(52-26-7-2-8-27-52,53-28-9-3-10-29-53)54-30-11-4-12-31-54/h1-45H. The minimum absolute atomic E-state index is 0.112. The molecule has 0 saturated carbocycles. The van der Waals surface area contributed by atoms with Crippen molar-refractivity contribution in [3.8, 4) is 50.6 Å². The van der Waals surface area contributed by atoms with Gasteiger partial charge in [-0.1, -0.05) is 206 Å². The van der Waals surface area contributed by atoms with Crippen LogP contribution in [0.1, 0.15) is 0 Å². The van der Waals surface area contributed by atoms with Gasteiger partial charge in [0.15, 0.2) is 8.07 Å². The summed E-state index contributed by atoms with van der Waals surface area (Å²) in [5.41, 5.74) is 15.1. The third-order valence-corrected chi connectivity index (χ3v) is 19.7. The number of ether oxygens (including phenoxy) is 1. The van der Waals surface area contributed by atoms with Crippen LogP contribution >= 0.6 is 0 Å². The van der Waals surface area contributed by atoms with Gasteiger partial charge >= 0.3 is 6.85 Å². The first kappa shape index (κ1) is 41.1. The zero-order valence-electron chi connectivity index (χ0n) is 38.9. The van der Waals surface area contributed by atoms with Crippen LogP contribution in [0.4, 0.5) is 11.4 Å². The minimum Gasteiger partial charge on any atom is -0.458 e. The zero-order chi connectivity index (χ0) is 46.9. The van der Waals surface area contributed by atoms with Crippen LogP contribution in [0.25, 0.3) is 60.9 Å². The van der Waals surface area contributed by atoms with E-state index in [2.05, 4.69) is 282 Å². The average Bonchev–Trinajstić information content (AvgIpc) is 3.79. The molecule has 0 amide bonds. The molecule has 3 nitrogen and oxygen atoms in total. The fraction of sp³-hybridized carbons (Fsp3) is 0. The summed E-state index contributed by atoms with van der Waals surface area (Å²) in [5, 5.41) is 7.89. The van der Waals surface area contributed by atoms with Gasteiger partial charge in [-0.15, -0.1) is 0 Å². The van der Waals surface area contributed by atoms with Crippen molar-refractivity contribution in [1.29, 1.82) is 0 Å². The molecular weight excluding hydrogens is 876 g/mol. The Balaban J connectivity index is 0.989. The van der Waals surface area contributed by atoms with Crippen LogP contribution in [0, 0.1) is 0 Å². The first-order chi connectivity index (χ1) is 35.2.